The lowest BCUT2D eigenvalue weighted by molar-refractivity contribution is 0.352. The van der Waals surface area contributed by atoms with Crippen LogP contribution in [0.4, 0.5) is 0 Å². The highest BCUT2D eigenvalue weighted by molar-refractivity contribution is 5.83. The molecule has 74 valence electrons. The van der Waals surface area contributed by atoms with E-state index >= 15 is 0 Å². The third kappa shape index (κ3) is 2.94. The first-order valence-electron chi connectivity index (χ1n) is 4.33. The van der Waals surface area contributed by atoms with E-state index in [1.165, 1.54) is 0 Å². The van der Waals surface area contributed by atoms with Gasteiger partial charge < -0.3 is 10.6 Å². The molecular formula is C11H14N2O. The lowest BCUT2D eigenvalue weighted by atomic mass is 10.2. The Balaban J connectivity index is 2.79. The summed E-state index contributed by atoms with van der Waals surface area (Å²) >= 11 is 0. The molecule has 0 heterocycles. The molecule has 0 aliphatic heterocycles. The molecule has 0 radical (unpaired) electrons. The van der Waals surface area contributed by atoms with Crippen LogP contribution in [0.5, 0.6) is 5.75 Å². The van der Waals surface area contributed by atoms with Gasteiger partial charge in [0.05, 0.1) is 6.21 Å². The predicted molar refractivity (Wildman–Crippen MR) is 58.5 cm³/mol. The monoisotopic (exact) mass is 190 g/mol. The van der Waals surface area contributed by atoms with Crippen molar-refractivity contribution in [3.8, 4) is 5.75 Å². The summed E-state index contributed by atoms with van der Waals surface area (Å²) in [4.78, 5) is 0. The van der Waals surface area contributed by atoms with Crippen LogP contribution < -0.4 is 10.6 Å². The highest BCUT2D eigenvalue weighted by atomic mass is 16.5. The van der Waals surface area contributed by atoms with Crippen LogP contribution in [0.25, 0.3) is 0 Å². The second-order valence-electron chi connectivity index (χ2n) is 3.06. The molecule has 0 saturated heterocycles. The van der Waals surface area contributed by atoms with Crippen LogP contribution in [-0.2, 0) is 0 Å². The van der Waals surface area contributed by atoms with Crippen LogP contribution in [0.2, 0.25) is 0 Å². The SMILES string of the molecule is C=C(C)COc1ccccc1C=NN. The number of rotatable bonds is 4. The highest BCUT2D eigenvalue weighted by Crippen LogP contribution is 2.16. The number of hydrogen-bond acceptors (Lipinski definition) is 3. The normalized spacial score (nSPS) is 10.4. The summed E-state index contributed by atoms with van der Waals surface area (Å²) in [5.74, 6) is 5.85. The molecule has 1 rings (SSSR count). The lowest BCUT2D eigenvalue weighted by Gasteiger charge is -2.07. The molecular weight excluding hydrogens is 176 g/mol. The second kappa shape index (κ2) is 5.07. The number of nitrogens with zero attached hydrogens (tertiary/aromatic N) is 1. The molecule has 14 heavy (non-hydrogen) atoms. The first kappa shape index (κ1) is 10.3. The van der Waals surface area contributed by atoms with Crippen molar-refractivity contribution in [3.05, 3.63) is 42.0 Å². The van der Waals surface area contributed by atoms with Gasteiger partial charge in [0.25, 0.3) is 0 Å². The second-order valence-corrected chi connectivity index (χ2v) is 3.06. The highest BCUT2D eigenvalue weighted by Gasteiger charge is 1.99. The topological polar surface area (TPSA) is 47.6 Å². The van der Waals surface area contributed by atoms with Crippen molar-refractivity contribution < 1.29 is 4.74 Å². The fraction of sp³-hybridized carbons (Fsp3) is 0.182. The molecule has 3 heteroatoms. The van der Waals surface area contributed by atoms with Crippen molar-refractivity contribution in [2.75, 3.05) is 6.61 Å². The van der Waals surface area contributed by atoms with E-state index in [2.05, 4.69) is 11.7 Å². The number of nitrogens with two attached hydrogens (primary N) is 1. The van der Waals surface area contributed by atoms with Crippen molar-refractivity contribution in [1.29, 1.82) is 0 Å². The van der Waals surface area contributed by atoms with Gasteiger partial charge in [-0.2, -0.15) is 5.10 Å². The lowest BCUT2D eigenvalue weighted by Crippen LogP contribution is -2.00. The maximum atomic E-state index is 5.50. The molecule has 0 spiro atoms. The molecule has 0 bridgehead atoms. The predicted octanol–water partition coefficient (Wildman–Crippen LogP) is 1.93. The molecule has 0 saturated carbocycles. The standard InChI is InChI=1S/C11H14N2O/c1-9(2)8-14-11-6-4-3-5-10(11)7-13-12/h3-7H,1,8,12H2,2H3. The van der Waals surface area contributed by atoms with Gasteiger partial charge in [-0.05, 0) is 24.6 Å². The van der Waals surface area contributed by atoms with Gasteiger partial charge in [-0.1, -0.05) is 18.7 Å². The molecule has 0 aliphatic carbocycles. The minimum atomic E-state index is 0.509. The van der Waals surface area contributed by atoms with Crippen LogP contribution in [0.15, 0.2) is 41.5 Å². The third-order valence-corrected chi connectivity index (χ3v) is 1.61. The molecule has 0 fully saturated rings. The van der Waals surface area contributed by atoms with Gasteiger partial charge in [0.1, 0.15) is 12.4 Å². The van der Waals surface area contributed by atoms with Gasteiger partial charge in [0.15, 0.2) is 0 Å². The van der Waals surface area contributed by atoms with E-state index in [-0.39, 0.29) is 0 Å². The van der Waals surface area contributed by atoms with Gasteiger partial charge in [0, 0.05) is 5.56 Å². The Hall–Kier alpha value is -1.77. The van der Waals surface area contributed by atoms with Crippen molar-refractivity contribution in [1.82, 2.24) is 0 Å². The van der Waals surface area contributed by atoms with Crippen molar-refractivity contribution in [2.45, 2.75) is 6.92 Å². The Kier molecular flexibility index (Phi) is 3.73. The van der Waals surface area contributed by atoms with Crippen molar-refractivity contribution in [3.63, 3.8) is 0 Å². The Morgan fingerprint density at radius 3 is 2.93 bits per heavy atom. The first-order chi connectivity index (χ1) is 6.74. The van der Waals surface area contributed by atoms with Crippen LogP contribution in [-0.4, -0.2) is 12.8 Å². The minimum absolute atomic E-state index is 0.509. The largest absolute Gasteiger partial charge is 0.489 e. The zero-order valence-corrected chi connectivity index (χ0v) is 8.23. The Morgan fingerprint density at radius 1 is 1.57 bits per heavy atom. The van der Waals surface area contributed by atoms with Crippen molar-refractivity contribution in [2.24, 2.45) is 10.9 Å². The Bertz CT molecular complexity index is 345. The maximum Gasteiger partial charge on any atom is 0.128 e. The van der Waals surface area contributed by atoms with E-state index in [9.17, 15) is 0 Å². The Labute approximate surface area is 83.9 Å². The Morgan fingerprint density at radius 2 is 2.29 bits per heavy atom. The number of hydrogen-bond donors (Lipinski definition) is 1. The summed E-state index contributed by atoms with van der Waals surface area (Å²) in [6.07, 6.45) is 1.56. The van der Waals surface area contributed by atoms with E-state index in [1.807, 2.05) is 31.2 Å². The van der Waals surface area contributed by atoms with Gasteiger partial charge in [-0.25, -0.2) is 0 Å². The van der Waals surface area contributed by atoms with E-state index < -0.39 is 0 Å². The maximum absolute atomic E-state index is 5.50. The fourth-order valence-corrected chi connectivity index (χ4v) is 1.000. The first-order valence-corrected chi connectivity index (χ1v) is 4.33. The number of benzene rings is 1. The summed E-state index contributed by atoms with van der Waals surface area (Å²) in [6, 6.07) is 7.58. The number of hydrazone groups is 1. The minimum Gasteiger partial charge on any atom is -0.489 e. The summed E-state index contributed by atoms with van der Waals surface area (Å²) in [6.45, 7) is 6.19. The molecule has 0 amide bonds. The van der Waals surface area contributed by atoms with Crippen LogP contribution in [0.1, 0.15) is 12.5 Å². The summed E-state index contributed by atoms with van der Waals surface area (Å²) in [5.41, 5.74) is 1.85. The van der Waals surface area contributed by atoms with Gasteiger partial charge in [-0.3, -0.25) is 0 Å². The molecule has 0 atom stereocenters. The van der Waals surface area contributed by atoms with E-state index in [4.69, 9.17) is 10.6 Å². The van der Waals surface area contributed by atoms with Crippen LogP contribution >= 0.6 is 0 Å². The summed E-state index contributed by atoms with van der Waals surface area (Å²) in [5, 5.41) is 3.47. The molecule has 2 N–H and O–H groups in total. The van der Waals surface area contributed by atoms with E-state index in [0.29, 0.717) is 6.61 Å². The van der Waals surface area contributed by atoms with Crippen molar-refractivity contribution >= 4 is 6.21 Å². The fourth-order valence-electron chi connectivity index (χ4n) is 1.000. The zero-order chi connectivity index (χ0) is 10.4. The number of para-hydroxylation sites is 1. The van der Waals surface area contributed by atoms with Gasteiger partial charge in [-0.15, -0.1) is 0 Å². The summed E-state index contributed by atoms with van der Waals surface area (Å²) in [7, 11) is 0. The molecule has 0 unspecified atom stereocenters. The summed E-state index contributed by atoms with van der Waals surface area (Å²) < 4.78 is 5.50. The molecule has 1 aromatic carbocycles. The molecule has 0 aliphatic rings. The van der Waals surface area contributed by atoms with E-state index in [0.717, 1.165) is 16.9 Å². The third-order valence-electron chi connectivity index (χ3n) is 1.61. The molecule has 3 nitrogen and oxygen atoms in total. The molecule has 0 aromatic heterocycles. The average molecular weight is 190 g/mol. The van der Waals surface area contributed by atoms with Crippen LogP contribution in [0, 0.1) is 0 Å². The van der Waals surface area contributed by atoms with Gasteiger partial charge >= 0.3 is 0 Å². The average Bonchev–Trinajstić information content (AvgIpc) is 2.17. The number of ether oxygens (including phenoxy) is 1. The van der Waals surface area contributed by atoms with E-state index in [1.54, 1.807) is 6.21 Å². The van der Waals surface area contributed by atoms with Crippen LogP contribution in [0.3, 0.4) is 0 Å². The quantitative estimate of drug-likeness (QED) is 0.341. The molecule has 1 aromatic rings. The zero-order valence-electron chi connectivity index (χ0n) is 8.23. The smallest absolute Gasteiger partial charge is 0.128 e. The van der Waals surface area contributed by atoms with Gasteiger partial charge in [0.2, 0.25) is 0 Å².